The first-order valence-electron chi connectivity index (χ1n) is 7.00. The van der Waals surface area contributed by atoms with Gasteiger partial charge in [-0.25, -0.2) is 4.79 Å². The highest BCUT2D eigenvalue weighted by Crippen LogP contribution is 2.30. The van der Waals surface area contributed by atoms with E-state index >= 15 is 0 Å². The molecule has 3 aromatic rings. The van der Waals surface area contributed by atoms with Gasteiger partial charge in [0.15, 0.2) is 11.4 Å². The second kappa shape index (κ2) is 5.52. The number of hydrogen-bond donors (Lipinski definition) is 0. The van der Waals surface area contributed by atoms with Crippen molar-refractivity contribution in [1.82, 2.24) is 4.40 Å². The van der Waals surface area contributed by atoms with Gasteiger partial charge in [0.25, 0.3) is 0 Å². The van der Waals surface area contributed by atoms with E-state index in [0.29, 0.717) is 0 Å². The highest BCUT2D eigenvalue weighted by molar-refractivity contribution is 6.01. The summed E-state index contributed by atoms with van der Waals surface area (Å²) < 4.78 is 12.0. The van der Waals surface area contributed by atoms with E-state index in [9.17, 15) is 9.59 Å². The van der Waals surface area contributed by atoms with Gasteiger partial charge in [0, 0.05) is 24.6 Å². The van der Waals surface area contributed by atoms with Crippen LogP contribution < -0.4 is 4.74 Å². The van der Waals surface area contributed by atoms with Crippen LogP contribution in [0.3, 0.4) is 0 Å². The van der Waals surface area contributed by atoms with E-state index in [4.69, 9.17) is 9.47 Å². The van der Waals surface area contributed by atoms with Crippen LogP contribution in [-0.4, -0.2) is 22.9 Å². The Morgan fingerprint density at radius 3 is 2.68 bits per heavy atom. The van der Waals surface area contributed by atoms with Gasteiger partial charge < -0.3 is 13.9 Å². The van der Waals surface area contributed by atoms with Gasteiger partial charge in [0.2, 0.25) is 0 Å². The summed E-state index contributed by atoms with van der Waals surface area (Å²) in [4.78, 5) is 23.5. The largest absolute Gasteiger partial charge is 0.461 e. The zero-order valence-electron chi connectivity index (χ0n) is 12.3. The van der Waals surface area contributed by atoms with Crippen molar-refractivity contribution in [3.63, 3.8) is 0 Å². The monoisotopic (exact) mass is 297 g/mol. The Labute approximate surface area is 127 Å². The Morgan fingerprint density at radius 2 is 1.95 bits per heavy atom. The van der Waals surface area contributed by atoms with Gasteiger partial charge in [0.1, 0.15) is 0 Å². The Morgan fingerprint density at radius 1 is 1.18 bits per heavy atom. The minimum Gasteiger partial charge on any atom is -0.461 e. The van der Waals surface area contributed by atoms with Crippen molar-refractivity contribution < 1.29 is 19.1 Å². The molecule has 112 valence electrons. The number of aromatic nitrogens is 1. The number of esters is 2. The van der Waals surface area contributed by atoms with Crippen molar-refractivity contribution in [2.45, 2.75) is 13.8 Å². The molecule has 2 aromatic heterocycles. The number of hydrogen-bond acceptors (Lipinski definition) is 4. The lowest BCUT2D eigenvalue weighted by atomic mass is 10.1. The van der Waals surface area contributed by atoms with Gasteiger partial charge in [-0.1, -0.05) is 24.3 Å². The molecule has 0 bridgehead atoms. The highest BCUT2D eigenvalue weighted by Gasteiger charge is 2.22. The molecule has 0 N–H and O–H groups in total. The van der Waals surface area contributed by atoms with Gasteiger partial charge in [-0.15, -0.1) is 0 Å². The maximum absolute atomic E-state index is 12.2. The minimum absolute atomic E-state index is 0.210. The van der Waals surface area contributed by atoms with E-state index < -0.39 is 11.9 Å². The van der Waals surface area contributed by atoms with Crippen molar-refractivity contribution in [3.05, 3.63) is 48.3 Å². The summed E-state index contributed by atoms with van der Waals surface area (Å²) >= 11 is 0. The second-order valence-corrected chi connectivity index (χ2v) is 4.83. The molecule has 0 spiro atoms. The number of benzene rings is 1. The third kappa shape index (κ3) is 2.30. The van der Waals surface area contributed by atoms with Crippen LogP contribution >= 0.6 is 0 Å². The van der Waals surface area contributed by atoms with Crippen LogP contribution in [0.4, 0.5) is 0 Å². The molecule has 0 radical (unpaired) electrons. The number of fused-ring (bicyclic) bond motifs is 3. The van der Waals surface area contributed by atoms with Crippen LogP contribution in [0.2, 0.25) is 0 Å². The summed E-state index contributed by atoms with van der Waals surface area (Å²) in [6, 6.07) is 11.4. The summed E-state index contributed by atoms with van der Waals surface area (Å²) in [5, 5.41) is 2.01. The van der Waals surface area contributed by atoms with E-state index in [2.05, 4.69) is 0 Å². The second-order valence-electron chi connectivity index (χ2n) is 4.83. The molecule has 0 amide bonds. The number of rotatable bonds is 3. The van der Waals surface area contributed by atoms with Gasteiger partial charge in [-0.2, -0.15) is 0 Å². The zero-order chi connectivity index (χ0) is 15.7. The molecule has 0 aliphatic carbocycles. The highest BCUT2D eigenvalue weighted by atomic mass is 16.5. The molecule has 0 fully saturated rings. The number of carbonyl (C=O) groups is 2. The predicted octanol–water partition coefficient (Wildman–Crippen LogP) is 3.19. The van der Waals surface area contributed by atoms with Crippen molar-refractivity contribution in [1.29, 1.82) is 0 Å². The fraction of sp³-hybridized carbons (Fsp3) is 0.176. The summed E-state index contributed by atoms with van der Waals surface area (Å²) in [5.74, 6) is -0.790. The third-order valence-electron chi connectivity index (χ3n) is 3.36. The molecule has 3 rings (SSSR count). The maximum atomic E-state index is 12.2. The Kier molecular flexibility index (Phi) is 3.55. The SMILES string of the molecule is CCOC(=O)c1c(OC(C)=O)cc2c3ccccc3ccn12. The van der Waals surface area contributed by atoms with Crippen LogP contribution in [0, 0.1) is 0 Å². The van der Waals surface area contributed by atoms with Crippen LogP contribution in [-0.2, 0) is 9.53 Å². The molecular weight excluding hydrogens is 282 g/mol. The van der Waals surface area contributed by atoms with Crippen LogP contribution in [0.15, 0.2) is 42.6 Å². The fourth-order valence-electron chi connectivity index (χ4n) is 2.53. The molecule has 5 nitrogen and oxygen atoms in total. The third-order valence-corrected chi connectivity index (χ3v) is 3.36. The van der Waals surface area contributed by atoms with Crippen LogP contribution in [0.25, 0.3) is 16.3 Å². The van der Waals surface area contributed by atoms with E-state index in [0.717, 1.165) is 16.3 Å². The van der Waals surface area contributed by atoms with Gasteiger partial charge in [-0.3, -0.25) is 4.79 Å². The van der Waals surface area contributed by atoms with Crippen molar-refractivity contribution in [2.24, 2.45) is 0 Å². The van der Waals surface area contributed by atoms with Crippen molar-refractivity contribution in [2.75, 3.05) is 6.61 Å². The molecule has 0 aliphatic heterocycles. The molecule has 0 saturated carbocycles. The lowest BCUT2D eigenvalue weighted by Gasteiger charge is -2.06. The smallest absolute Gasteiger partial charge is 0.359 e. The standard InChI is InChI=1S/C17H15NO4/c1-3-21-17(20)16-15(22-11(2)19)10-14-13-7-5-4-6-12(13)8-9-18(14)16/h4-10H,3H2,1-2H3. The molecule has 0 aliphatic rings. The maximum Gasteiger partial charge on any atom is 0.359 e. The molecule has 0 atom stereocenters. The van der Waals surface area contributed by atoms with Gasteiger partial charge >= 0.3 is 11.9 Å². The Hall–Kier alpha value is -2.82. The first-order chi connectivity index (χ1) is 10.6. The fourth-order valence-corrected chi connectivity index (χ4v) is 2.53. The van der Waals surface area contributed by atoms with Crippen molar-refractivity contribution in [3.8, 4) is 5.75 Å². The molecule has 1 aromatic carbocycles. The average molecular weight is 297 g/mol. The first kappa shape index (κ1) is 14.1. The minimum atomic E-state index is -0.519. The summed E-state index contributed by atoms with van der Waals surface area (Å²) in [7, 11) is 0. The molecular formula is C17H15NO4. The summed E-state index contributed by atoms with van der Waals surface area (Å²) in [5.41, 5.74) is 1.01. The van der Waals surface area contributed by atoms with E-state index in [-0.39, 0.29) is 18.1 Å². The number of ether oxygens (including phenoxy) is 2. The van der Waals surface area contributed by atoms with Crippen LogP contribution in [0.5, 0.6) is 5.75 Å². The Bertz CT molecular complexity index is 879. The quantitative estimate of drug-likeness (QED) is 0.697. The normalized spacial score (nSPS) is 10.8. The zero-order valence-corrected chi connectivity index (χ0v) is 12.3. The van der Waals surface area contributed by atoms with E-state index in [1.54, 1.807) is 23.6 Å². The molecule has 5 heteroatoms. The molecule has 0 unspecified atom stereocenters. The predicted molar refractivity (Wildman–Crippen MR) is 82.2 cm³/mol. The summed E-state index contributed by atoms with van der Waals surface area (Å²) in [6.07, 6.45) is 1.77. The average Bonchev–Trinajstić information content (AvgIpc) is 2.85. The molecule has 0 saturated heterocycles. The van der Waals surface area contributed by atoms with E-state index in [1.165, 1.54) is 6.92 Å². The number of carbonyl (C=O) groups excluding carboxylic acids is 2. The molecule has 22 heavy (non-hydrogen) atoms. The lowest BCUT2D eigenvalue weighted by Crippen LogP contribution is -2.11. The van der Waals surface area contributed by atoms with E-state index in [1.807, 2.05) is 30.3 Å². The topological polar surface area (TPSA) is 57.0 Å². The lowest BCUT2D eigenvalue weighted by molar-refractivity contribution is -0.131. The summed E-state index contributed by atoms with van der Waals surface area (Å²) in [6.45, 7) is 3.28. The van der Waals surface area contributed by atoms with Gasteiger partial charge in [0.05, 0.1) is 12.1 Å². The molecule has 2 heterocycles. The number of nitrogens with zero attached hydrogens (tertiary/aromatic N) is 1. The number of pyridine rings is 1. The Balaban J connectivity index is 2.31. The van der Waals surface area contributed by atoms with Gasteiger partial charge in [-0.05, 0) is 18.4 Å². The van der Waals surface area contributed by atoms with Crippen LogP contribution in [0.1, 0.15) is 24.3 Å². The first-order valence-corrected chi connectivity index (χ1v) is 7.00. The van der Waals surface area contributed by atoms with Crippen molar-refractivity contribution >= 4 is 28.2 Å².